The monoisotopic (exact) mass is 488 g/mol. The van der Waals surface area contributed by atoms with E-state index < -0.39 is 0 Å². The van der Waals surface area contributed by atoms with Crippen LogP contribution in [0.25, 0.3) is 11.3 Å². The van der Waals surface area contributed by atoms with Crippen LogP contribution in [-0.2, 0) is 4.74 Å². The Morgan fingerprint density at radius 3 is 2.64 bits per heavy atom. The van der Waals surface area contributed by atoms with Crippen molar-refractivity contribution in [3.05, 3.63) is 48.2 Å². The van der Waals surface area contributed by atoms with E-state index in [-0.39, 0.29) is 6.10 Å². The lowest BCUT2D eigenvalue weighted by Crippen LogP contribution is -2.26. The molecule has 3 aromatic rings. The molecule has 188 valence electrons. The molecule has 0 saturated carbocycles. The summed E-state index contributed by atoms with van der Waals surface area (Å²) in [5.41, 5.74) is 1.96. The Morgan fingerprint density at radius 1 is 1.08 bits per heavy atom. The molecule has 1 aromatic carbocycles. The molecular weight excluding hydrogens is 456 g/mol. The lowest BCUT2D eigenvalue weighted by atomic mass is 10.1. The summed E-state index contributed by atoms with van der Waals surface area (Å²) in [5, 5.41) is 21.4. The van der Waals surface area contributed by atoms with Gasteiger partial charge in [0.1, 0.15) is 17.9 Å². The minimum absolute atomic E-state index is 0.0666. The van der Waals surface area contributed by atoms with Crippen molar-refractivity contribution in [1.82, 2.24) is 25.1 Å². The highest BCUT2D eigenvalue weighted by atomic mass is 16.5. The van der Waals surface area contributed by atoms with Crippen LogP contribution in [-0.4, -0.2) is 78.6 Å². The first-order valence-electron chi connectivity index (χ1n) is 12.1. The second-order valence-corrected chi connectivity index (χ2v) is 9.00. The highest BCUT2D eigenvalue weighted by molar-refractivity contribution is 5.65. The van der Waals surface area contributed by atoms with Gasteiger partial charge in [-0.05, 0) is 63.5 Å². The van der Waals surface area contributed by atoms with Gasteiger partial charge in [-0.15, -0.1) is 10.2 Å². The third kappa shape index (κ3) is 6.87. The number of rotatable bonds is 10. The number of aromatic nitrogens is 4. The summed E-state index contributed by atoms with van der Waals surface area (Å²) in [7, 11) is 6.14. The molecule has 0 atom stereocenters. The molecule has 1 aliphatic heterocycles. The van der Waals surface area contributed by atoms with Gasteiger partial charge in [0.05, 0.1) is 24.5 Å². The summed E-state index contributed by atoms with van der Waals surface area (Å²) >= 11 is 0. The van der Waals surface area contributed by atoms with E-state index in [4.69, 9.17) is 9.47 Å². The minimum Gasteiger partial charge on any atom is -0.489 e. The average molecular weight is 489 g/mol. The molecule has 3 heterocycles. The van der Waals surface area contributed by atoms with Crippen LogP contribution in [0.1, 0.15) is 24.8 Å². The van der Waals surface area contributed by atoms with Crippen molar-refractivity contribution in [3.63, 3.8) is 0 Å². The molecule has 0 aliphatic carbocycles. The fourth-order valence-electron chi connectivity index (χ4n) is 3.88. The van der Waals surface area contributed by atoms with Gasteiger partial charge in [-0.1, -0.05) is 0 Å². The predicted octanol–water partition coefficient (Wildman–Crippen LogP) is 3.49. The van der Waals surface area contributed by atoms with Crippen LogP contribution in [0.2, 0.25) is 0 Å². The molecule has 36 heavy (non-hydrogen) atoms. The number of nitriles is 1. The van der Waals surface area contributed by atoms with Crippen molar-refractivity contribution < 1.29 is 9.47 Å². The zero-order valence-electron chi connectivity index (χ0n) is 21.0. The van der Waals surface area contributed by atoms with Crippen LogP contribution in [0, 0.1) is 11.3 Å². The fourth-order valence-corrected chi connectivity index (χ4v) is 3.88. The summed E-state index contributed by atoms with van der Waals surface area (Å²) in [6, 6.07) is 13.4. The average Bonchev–Trinajstić information content (AvgIpc) is 2.90. The number of hydrogen-bond donors (Lipinski definition) is 1. The lowest BCUT2D eigenvalue weighted by molar-refractivity contribution is 0.0254. The number of nitrogens with one attached hydrogen (secondary N) is 1. The molecule has 1 fully saturated rings. The van der Waals surface area contributed by atoms with Crippen LogP contribution in [0.4, 0.5) is 17.6 Å². The van der Waals surface area contributed by atoms with E-state index in [1.807, 2.05) is 31.3 Å². The molecule has 4 rings (SSSR count). The Balaban J connectivity index is 1.42. The number of hydrogen-bond acceptors (Lipinski definition) is 10. The molecule has 1 saturated heterocycles. The van der Waals surface area contributed by atoms with Crippen LogP contribution in [0.3, 0.4) is 0 Å². The van der Waals surface area contributed by atoms with E-state index in [2.05, 4.69) is 55.4 Å². The number of nitrogens with zero attached hydrogens (tertiary/aromatic N) is 7. The van der Waals surface area contributed by atoms with Gasteiger partial charge in [0.2, 0.25) is 5.95 Å². The summed E-state index contributed by atoms with van der Waals surface area (Å²) in [6.45, 7) is 3.28. The Labute approximate surface area is 211 Å². The third-order valence-electron chi connectivity index (χ3n) is 5.89. The standard InChI is InChI=1S/C26H32N8O2/c1-33(2)13-4-14-34(3)25-8-7-24(31-32-25)30-26-28-12-9-22(29-26)19-5-6-23(20(17-19)18-27)36-21-10-15-35-16-11-21/h5-9,12,17,21H,4,10-11,13-16H2,1-3H3,(H,28,29,30,31). The van der Waals surface area contributed by atoms with Crippen LogP contribution >= 0.6 is 0 Å². The third-order valence-corrected chi connectivity index (χ3v) is 5.89. The topological polar surface area (TPSA) is 112 Å². The molecule has 10 nitrogen and oxygen atoms in total. The molecule has 0 radical (unpaired) electrons. The predicted molar refractivity (Wildman–Crippen MR) is 138 cm³/mol. The summed E-state index contributed by atoms with van der Waals surface area (Å²) in [5.74, 6) is 2.34. The summed E-state index contributed by atoms with van der Waals surface area (Å²) in [6.07, 6.45) is 4.43. The molecule has 2 aromatic heterocycles. The van der Waals surface area contributed by atoms with E-state index in [1.54, 1.807) is 18.3 Å². The van der Waals surface area contributed by atoms with E-state index >= 15 is 0 Å². The smallest absolute Gasteiger partial charge is 0.228 e. The van der Waals surface area contributed by atoms with Crippen molar-refractivity contribution in [2.45, 2.75) is 25.4 Å². The van der Waals surface area contributed by atoms with Crippen molar-refractivity contribution in [1.29, 1.82) is 5.26 Å². The van der Waals surface area contributed by atoms with E-state index in [9.17, 15) is 5.26 Å². The maximum absolute atomic E-state index is 9.68. The van der Waals surface area contributed by atoms with Crippen molar-refractivity contribution in [2.24, 2.45) is 0 Å². The van der Waals surface area contributed by atoms with Gasteiger partial charge in [0.25, 0.3) is 0 Å². The highest BCUT2D eigenvalue weighted by Crippen LogP contribution is 2.28. The lowest BCUT2D eigenvalue weighted by Gasteiger charge is -2.23. The van der Waals surface area contributed by atoms with Gasteiger partial charge >= 0.3 is 0 Å². The zero-order valence-corrected chi connectivity index (χ0v) is 21.0. The minimum atomic E-state index is 0.0666. The largest absolute Gasteiger partial charge is 0.489 e. The van der Waals surface area contributed by atoms with Gasteiger partial charge in [-0.3, -0.25) is 0 Å². The van der Waals surface area contributed by atoms with Crippen molar-refractivity contribution in [2.75, 3.05) is 57.7 Å². The first-order chi connectivity index (χ1) is 17.5. The molecule has 0 unspecified atom stereocenters. The summed E-state index contributed by atoms with van der Waals surface area (Å²) in [4.78, 5) is 13.2. The van der Waals surface area contributed by atoms with Gasteiger partial charge in [-0.25, -0.2) is 9.97 Å². The Morgan fingerprint density at radius 2 is 1.92 bits per heavy atom. The van der Waals surface area contributed by atoms with Gasteiger partial charge in [0.15, 0.2) is 11.6 Å². The maximum Gasteiger partial charge on any atom is 0.228 e. The Bertz CT molecular complexity index is 1170. The number of anilines is 3. The first-order valence-corrected chi connectivity index (χ1v) is 12.1. The molecule has 1 N–H and O–H groups in total. The van der Waals surface area contributed by atoms with Gasteiger partial charge in [0, 0.05) is 38.2 Å². The van der Waals surface area contributed by atoms with E-state index in [0.29, 0.717) is 42.0 Å². The SMILES string of the molecule is CN(C)CCCN(C)c1ccc(Nc2nccc(-c3ccc(OC4CCOCC4)c(C#N)c3)n2)nn1. The number of benzene rings is 1. The van der Waals surface area contributed by atoms with Gasteiger partial charge in [-0.2, -0.15) is 5.26 Å². The molecule has 1 aliphatic rings. The Hall–Kier alpha value is -3.81. The zero-order chi connectivity index (χ0) is 25.3. The molecule has 0 spiro atoms. The second-order valence-electron chi connectivity index (χ2n) is 9.00. The van der Waals surface area contributed by atoms with E-state index in [1.165, 1.54) is 0 Å². The van der Waals surface area contributed by atoms with Crippen molar-refractivity contribution >= 4 is 17.6 Å². The van der Waals surface area contributed by atoms with E-state index in [0.717, 1.165) is 43.7 Å². The molecule has 0 amide bonds. The first kappa shape index (κ1) is 25.3. The second kappa shape index (κ2) is 12.2. The Kier molecular flexibility index (Phi) is 8.60. The summed E-state index contributed by atoms with van der Waals surface area (Å²) < 4.78 is 11.4. The normalized spacial score (nSPS) is 13.9. The molecule has 0 bridgehead atoms. The molecular formula is C26H32N8O2. The quantitative estimate of drug-likeness (QED) is 0.455. The van der Waals surface area contributed by atoms with Crippen molar-refractivity contribution in [3.8, 4) is 23.1 Å². The highest BCUT2D eigenvalue weighted by Gasteiger charge is 2.17. The number of ether oxygens (including phenoxy) is 2. The van der Waals surface area contributed by atoms with Crippen LogP contribution in [0.5, 0.6) is 5.75 Å². The molecule has 10 heteroatoms. The van der Waals surface area contributed by atoms with Crippen LogP contribution in [0.15, 0.2) is 42.6 Å². The maximum atomic E-state index is 9.68. The van der Waals surface area contributed by atoms with Crippen LogP contribution < -0.4 is 15.0 Å². The van der Waals surface area contributed by atoms with Gasteiger partial charge < -0.3 is 24.6 Å². The fraction of sp³-hybridized carbons (Fsp3) is 0.423.